The minimum absolute atomic E-state index is 0.139. The number of nitrogens with zero attached hydrogens (tertiary/aromatic N) is 1. The van der Waals surface area contributed by atoms with Gasteiger partial charge in [-0.05, 0) is 49.1 Å². The molecule has 0 radical (unpaired) electrons. The van der Waals surface area contributed by atoms with Crippen molar-refractivity contribution in [3.05, 3.63) is 46.2 Å². The lowest BCUT2D eigenvalue weighted by molar-refractivity contribution is -0.120. The molecule has 0 atom stereocenters. The first-order valence-electron chi connectivity index (χ1n) is 7.46. The summed E-state index contributed by atoms with van der Waals surface area (Å²) in [5, 5.41) is 5.93. The van der Waals surface area contributed by atoms with Crippen LogP contribution in [0.15, 0.2) is 40.8 Å². The van der Waals surface area contributed by atoms with Gasteiger partial charge in [0.15, 0.2) is 11.5 Å². The molecule has 0 spiro atoms. The van der Waals surface area contributed by atoms with E-state index in [2.05, 4.69) is 10.5 Å². The zero-order valence-electron chi connectivity index (χ0n) is 13.2. The lowest BCUT2D eigenvalue weighted by atomic mass is 10.2. The van der Waals surface area contributed by atoms with E-state index in [1.165, 1.54) is 0 Å². The van der Waals surface area contributed by atoms with Gasteiger partial charge in [-0.15, -0.1) is 11.3 Å². The van der Waals surface area contributed by atoms with Crippen molar-refractivity contribution >= 4 is 23.5 Å². The smallest absolute Gasteiger partial charge is 0.245 e. The molecule has 1 amide bonds. The van der Waals surface area contributed by atoms with Crippen molar-refractivity contribution in [3.8, 4) is 11.5 Å². The third-order valence-corrected chi connectivity index (χ3v) is 3.76. The Morgan fingerprint density at radius 3 is 2.70 bits per heavy atom. The molecule has 0 aliphatic carbocycles. The Morgan fingerprint density at radius 1 is 1.22 bits per heavy atom. The highest BCUT2D eigenvalue weighted by molar-refractivity contribution is 7.10. The molecule has 1 N–H and O–H groups in total. The van der Waals surface area contributed by atoms with Gasteiger partial charge in [-0.25, -0.2) is 5.43 Å². The molecule has 1 heterocycles. The molecule has 23 heavy (non-hydrogen) atoms. The van der Waals surface area contributed by atoms with E-state index >= 15 is 0 Å². The number of hydrogen-bond donors (Lipinski definition) is 1. The first-order chi connectivity index (χ1) is 11.2. The number of benzene rings is 1. The Labute approximate surface area is 139 Å². The number of ether oxygens (including phenoxy) is 2. The van der Waals surface area contributed by atoms with E-state index in [4.69, 9.17) is 9.47 Å². The molecule has 0 bridgehead atoms. The number of carbonyl (C=O) groups excluding carboxylic acids is 1. The summed E-state index contributed by atoms with van der Waals surface area (Å²) in [6, 6.07) is 9.38. The van der Waals surface area contributed by atoms with E-state index in [1.54, 1.807) is 17.6 Å². The van der Waals surface area contributed by atoms with Crippen molar-refractivity contribution in [2.45, 2.75) is 20.3 Å². The van der Waals surface area contributed by atoms with Crippen molar-refractivity contribution in [2.75, 3.05) is 13.2 Å². The van der Waals surface area contributed by atoms with Gasteiger partial charge in [0, 0.05) is 4.88 Å². The predicted octanol–water partition coefficient (Wildman–Crippen LogP) is 3.24. The summed E-state index contributed by atoms with van der Waals surface area (Å²) in [4.78, 5) is 12.8. The van der Waals surface area contributed by atoms with Crippen LogP contribution in [0.1, 0.15) is 24.3 Å². The minimum atomic E-state index is -0.139. The summed E-state index contributed by atoms with van der Waals surface area (Å²) >= 11 is 1.55. The lowest BCUT2D eigenvalue weighted by Crippen LogP contribution is -2.19. The number of hydrazone groups is 1. The molecule has 0 saturated carbocycles. The number of nitrogens with one attached hydrogen (secondary N) is 1. The normalized spacial score (nSPS) is 10.7. The summed E-state index contributed by atoms with van der Waals surface area (Å²) in [6.07, 6.45) is 1.92. The Kier molecular flexibility index (Phi) is 6.62. The molecule has 6 heteroatoms. The molecule has 0 saturated heterocycles. The molecule has 1 aromatic carbocycles. The van der Waals surface area contributed by atoms with Crippen LogP contribution >= 0.6 is 11.3 Å². The van der Waals surface area contributed by atoms with E-state index in [9.17, 15) is 4.79 Å². The van der Waals surface area contributed by atoms with Gasteiger partial charge in [0.2, 0.25) is 5.91 Å². The zero-order chi connectivity index (χ0) is 16.5. The van der Waals surface area contributed by atoms with Crippen molar-refractivity contribution in [3.63, 3.8) is 0 Å². The number of thiophene rings is 1. The maximum atomic E-state index is 11.7. The van der Waals surface area contributed by atoms with Crippen LogP contribution < -0.4 is 14.9 Å². The summed E-state index contributed by atoms with van der Waals surface area (Å²) in [5.41, 5.74) is 3.35. The molecule has 122 valence electrons. The Hall–Kier alpha value is -2.34. The quantitative estimate of drug-likeness (QED) is 0.596. The first kappa shape index (κ1) is 17.0. The molecule has 0 aliphatic heterocycles. The zero-order valence-corrected chi connectivity index (χ0v) is 14.1. The van der Waals surface area contributed by atoms with E-state index in [0.29, 0.717) is 31.1 Å². The van der Waals surface area contributed by atoms with Crippen molar-refractivity contribution in [1.29, 1.82) is 0 Å². The highest BCUT2D eigenvalue weighted by Crippen LogP contribution is 2.27. The molecule has 0 fully saturated rings. The van der Waals surface area contributed by atoms with Crippen molar-refractivity contribution in [1.82, 2.24) is 5.43 Å². The fourth-order valence-corrected chi connectivity index (χ4v) is 2.64. The molecule has 2 aromatic rings. The predicted molar refractivity (Wildman–Crippen MR) is 92.5 cm³/mol. The van der Waals surface area contributed by atoms with Gasteiger partial charge in [0.25, 0.3) is 0 Å². The van der Waals surface area contributed by atoms with Crippen LogP contribution in [0.5, 0.6) is 11.5 Å². The topological polar surface area (TPSA) is 59.9 Å². The average molecular weight is 332 g/mol. The van der Waals surface area contributed by atoms with Gasteiger partial charge >= 0.3 is 0 Å². The molecular weight excluding hydrogens is 312 g/mol. The number of carbonyl (C=O) groups is 1. The van der Waals surface area contributed by atoms with Crippen LogP contribution in [-0.2, 0) is 11.2 Å². The lowest BCUT2D eigenvalue weighted by Gasteiger charge is -2.11. The summed E-state index contributed by atoms with van der Waals surface area (Å²) < 4.78 is 11.1. The van der Waals surface area contributed by atoms with Gasteiger partial charge in [-0.2, -0.15) is 5.10 Å². The third kappa shape index (κ3) is 5.41. The molecule has 1 aromatic heterocycles. The molecule has 0 unspecified atom stereocenters. The molecule has 0 aliphatic rings. The Morgan fingerprint density at radius 2 is 2.00 bits per heavy atom. The molecule has 2 rings (SSSR count). The van der Waals surface area contributed by atoms with Crippen molar-refractivity contribution in [2.24, 2.45) is 5.10 Å². The second-order valence-corrected chi connectivity index (χ2v) is 5.65. The van der Waals surface area contributed by atoms with Crippen LogP contribution in [0.2, 0.25) is 0 Å². The van der Waals surface area contributed by atoms with Gasteiger partial charge in [-0.3, -0.25) is 4.79 Å². The summed E-state index contributed by atoms with van der Waals surface area (Å²) in [5.74, 6) is 1.23. The van der Waals surface area contributed by atoms with Crippen molar-refractivity contribution < 1.29 is 14.3 Å². The van der Waals surface area contributed by atoms with Crippen LogP contribution in [0.25, 0.3) is 0 Å². The van der Waals surface area contributed by atoms with E-state index in [-0.39, 0.29) is 5.91 Å². The number of hydrogen-bond acceptors (Lipinski definition) is 5. The number of rotatable bonds is 8. The van der Waals surface area contributed by atoms with E-state index in [1.807, 2.05) is 49.6 Å². The van der Waals surface area contributed by atoms with Crippen LogP contribution in [0.3, 0.4) is 0 Å². The second-order valence-electron chi connectivity index (χ2n) is 4.62. The average Bonchev–Trinajstić information content (AvgIpc) is 3.03. The standard InChI is InChI=1S/C17H20N2O3S/c1-3-21-15-8-7-13(10-16(15)22-4-2)12-18-19-17(20)11-14-6-5-9-23-14/h5-10,12H,3-4,11H2,1-2H3,(H,19,20)/b18-12-. The molecular formula is C17H20N2O3S. The largest absolute Gasteiger partial charge is 0.490 e. The van der Waals surface area contributed by atoms with E-state index < -0.39 is 0 Å². The Balaban J connectivity index is 1.95. The highest BCUT2D eigenvalue weighted by Gasteiger charge is 2.05. The monoisotopic (exact) mass is 332 g/mol. The van der Waals surface area contributed by atoms with Crippen LogP contribution in [-0.4, -0.2) is 25.3 Å². The van der Waals surface area contributed by atoms with Gasteiger partial charge in [0.1, 0.15) is 0 Å². The fourth-order valence-electron chi connectivity index (χ4n) is 1.94. The van der Waals surface area contributed by atoms with E-state index in [0.717, 1.165) is 10.4 Å². The first-order valence-corrected chi connectivity index (χ1v) is 8.34. The molecule has 5 nitrogen and oxygen atoms in total. The van der Waals surface area contributed by atoms with Gasteiger partial charge in [0.05, 0.1) is 25.8 Å². The second kappa shape index (κ2) is 8.95. The number of amides is 1. The van der Waals surface area contributed by atoms with Crippen LogP contribution in [0, 0.1) is 0 Å². The highest BCUT2D eigenvalue weighted by atomic mass is 32.1. The SMILES string of the molecule is CCOc1ccc(/C=N\NC(=O)Cc2cccs2)cc1OCC. The summed E-state index contributed by atoms with van der Waals surface area (Å²) in [7, 11) is 0. The maximum Gasteiger partial charge on any atom is 0.245 e. The fraction of sp³-hybridized carbons (Fsp3) is 0.294. The maximum absolute atomic E-state index is 11.7. The third-order valence-electron chi connectivity index (χ3n) is 2.89. The van der Waals surface area contributed by atoms with Gasteiger partial charge < -0.3 is 9.47 Å². The van der Waals surface area contributed by atoms with Crippen LogP contribution in [0.4, 0.5) is 0 Å². The minimum Gasteiger partial charge on any atom is -0.490 e. The Bertz CT molecular complexity index is 654. The summed E-state index contributed by atoms with van der Waals surface area (Å²) in [6.45, 7) is 4.97. The van der Waals surface area contributed by atoms with Gasteiger partial charge in [-0.1, -0.05) is 6.07 Å².